The Bertz CT molecular complexity index is 96.6. The summed E-state index contributed by atoms with van der Waals surface area (Å²) in [6.45, 7) is 5.51. The van der Waals surface area contributed by atoms with Crippen molar-refractivity contribution in [1.82, 2.24) is 0 Å². The molecule has 0 heterocycles. The van der Waals surface area contributed by atoms with Crippen molar-refractivity contribution in [2.75, 3.05) is 0 Å². The first-order chi connectivity index (χ1) is 3.91. The van der Waals surface area contributed by atoms with Crippen LogP contribution in [0.5, 0.6) is 0 Å². The van der Waals surface area contributed by atoms with E-state index in [1.54, 1.807) is 6.08 Å². The molecule has 0 aliphatic carbocycles. The molecular weight excluding hydrogens is 96.1 g/mol. The molecule has 0 N–H and O–H groups in total. The standard InChI is InChI=1S/C8H11/c1-3-5-7-8-6-4-2/h3-6H,1,8H2,2H3. The second kappa shape index (κ2) is 6.22. The van der Waals surface area contributed by atoms with Crippen LogP contribution in [-0.4, -0.2) is 0 Å². The molecule has 0 aromatic heterocycles. The van der Waals surface area contributed by atoms with Crippen molar-refractivity contribution in [3.8, 4) is 0 Å². The Morgan fingerprint density at radius 3 is 2.88 bits per heavy atom. The summed E-state index contributed by atoms with van der Waals surface area (Å²) in [5, 5.41) is 0. The Morgan fingerprint density at radius 2 is 2.38 bits per heavy atom. The van der Waals surface area contributed by atoms with Crippen LogP contribution in [0.2, 0.25) is 0 Å². The fourth-order valence-corrected chi connectivity index (χ4v) is 0.337. The van der Waals surface area contributed by atoms with Crippen molar-refractivity contribution in [1.29, 1.82) is 0 Å². The van der Waals surface area contributed by atoms with Crippen LogP contribution in [0.3, 0.4) is 0 Å². The largest absolute Gasteiger partial charge is 0.0991 e. The molecule has 0 aliphatic heterocycles. The lowest BCUT2D eigenvalue weighted by Crippen LogP contribution is -1.55. The van der Waals surface area contributed by atoms with Gasteiger partial charge < -0.3 is 0 Å². The van der Waals surface area contributed by atoms with Gasteiger partial charge in [-0.05, 0) is 19.4 Å². The Balaban J connectivity index is 3.15. The number of hydrogen-bond acceptors (Lipinski definition) is 0. The molecule has 0 unspecified atom stereocenters. The zero-order valence-electron chi connectivity index (χ0n) is 5.22. The third kappa shape index (κ3) is 5.22. The van der Waals surface area contributed by atoms with Crippen LogP contribution in [0.4, 0.5) is 0 Å². The number of hydrogen-bond donors (Lipinski definition) is 0. The van der Waals surface area contributed by atoms with E-state index < -0.39 is 0 Å². The van der Waals surface area contributed by atoms with E-state index in [-0.39, 0.29) is 0 Å². The van der Waals surface area contributed by atoms with Crippen molar-refractivity contribution in [2.45, 2.75) is 13.3 Å². The minimum Gasteiger partial charge on any atom is -0.0991 e. The van der Waals surface area contributed by atoms with Crippen molar-refractivity contribution < 1.29 is 0 Å². The summed E-state index contributed by atoms with van der Waals surface area (Å²) in [5.74, 6) is 0. The maximum absolute atomic E-state index is 3.52. The van der Waals surface area contributed by atoms with Crippen LogP contribution in [-0.2, 0) is 0 Å². The first kappa shape index (κ1) is 7.22. The van der Waals surface area contributed by atoms with E-state index >= 15 is 0 Å². The Morgan fingerprint density at radius 1 is 1.62 bits per heavy atom. The Kier molecular flexibility index (Phi) is 5.61. The molecule has 43 valence electrons. The van der Waals surface area contributed by atoms with Crippen LogP contribution in [0, 0.1) is 6.08 Å². The smallest absolute Gasteiger partial charge is 0.00947 e. The Hall–Kier alpha value is -0.780. The lowest BCUT2D eigenvalue weighted by Gasteiger charge is -1.73. The summed E-state index contributed by atoms with van der Waals surface area (Å²) in [5.41, 5.74) is 0. The highest BCUT2D eigenvalue weighted by Gasteiger charge is 1.64. The van der Waals surface area contributed by atoms with Crippen LogP contribution in [0.25, 0.3) is 0 Å². The summed E-state index contributed by atoms with van der Waals surface area (Å²) in [7, 11) is 0. The molecule has 0 rings (SSSR count). The van der Waals surface area contributed by atoms with E-state index in [2.05, 4.69) is 12.7 Å². The quantitative estimate of drug-likeness (QED) is 0.384. The fourth-order valence-electron chi connectivity index (χ4n) is 0.337. The highest BCUT2D eigenvalue weighted by molar-refractivity contribution is 4.95. The number of allylic oxidation sites excluding steroid dienone is 5. The van der Waals surface area contributed by atoms with Gasteiger partial charge >= 0.3 is 0 Å². The average molecular weight is 107 g/mol. The lowest BCUT2D eigenvalue weighted by atomic mass is 10.3. The SMILES string of the molecule is C=C/C=[C]/CC=CC. The monoisotopic (exact) mass is 107 g/mol. The average Bonchev–Trinajstić information content (AvgIpc) is 1.81. The molecule has 0 aromatic carbocycles. The second-order valence-electron chi connectivity index (χ2n) is 1.38. The predicted octanol–water partition coefficient (Wildman–Crippen LogP) is 2.50. The summed E-state index contributed by atoms with van der Waals surface area (Å²) >= 11 is 0. The first-order valence-electron chi connectivity index (χ1n) is 2.70. The molecule has 0 heteroatoms. The van der Waals surface area contributed by atoms with Crippen LogP contribution in [0.1, 0.15) is 13.3 Å². The van der Waals surface area contributed by atoms with E-state index in [0.29, 0.717) is 0 Å². The van der Waals surface area contributed by atoms with E-state index in [0.717, 1.165) is 6.42 Å². The topological polar surface area (TPSA) is 0 Å². The van der Waals surface area contributed by atoms with E-state index in [9.17, 15) is 0 Å². The van der Waals surface area contributed by atoms with Gasteiger partial charge in [0.2, 0.25) is 0 Å². The van der Waals surface area contributed by atoms with E-state index in [1.165, 1.54) is 0 Å². The lowest BCUT2D eigenvalue weighted by molar-refractivity contribution is 1.33. The third-order valence-corrected chi connectivity index (χ3v) is 0.707. The second-order valence-corrected chi connectivity index (χ2v) is 1.38. The summed E-state index contributed by atoms with van der Waals surface area (Å²) < 4.78 is 0. The molecule has 0 aliphatic rings. The molecule has 0 nitrogen and oxygen atoms in total. The van der Waals surface area contributed by atoms with E-state index in [1.807, 2.05) is 25.2 Å². The molecule has 0 spiro atoms. The van der Waals surface area contributed by atoms with Crippen molar-refractivity contribution in [3.05, 3.63) is 37.0 Å². The van der Waals surface area contributed by atoms with Crippen molar-refractivity contribution >= 4 is 0 Å². The molecular formula is C8H11. The predicted molar refractivity (Wildman–Crippen MR) is 37.4 cm³/mol. The van der Waals surface area contributed by atoms with Gasteiger partial charge in [-0.25, -0.2) is 0 Å². The third-order valence-electron chi connectivity index (χ3n) is 0.707. The van der Waals surface area contributed by atoms with Gasteiger partial charge in [0.25, 0.3) is 0 Å². The summed E-state index contributed by atoms with van der Waals surface area (Å²) in [4.78, 5) is 0. The highest BCUT2D eigenvalue weighted by atomic mass is 13.7. The molecule has 1 radical (unpaired) electrons. The summed E-state index contributed by atoms with van der Waals surface area (Å²) in [6.07, 6.45) is 11.5. The minimum absolute atomic E-state index is 0.891. The van der Waals surface area contributed by atoms with Crippen molar-refractivity contribution in [2.24, 2.45) is 0 Å². The molecule has 8 heavy (non-hydrogen) atoms. The molecule has 0 fully saturated rings. The normalized spacial score (nSPS) is 11.1. The van der Waals surface area contributed by atoms with Gasteiger partial charge in [-0.1, -0.05) is 30.9 Å². The molecule has 0 saturated heterocycles. The maximum atomic E-state index is 3.52. The molecule has 0 atom stereocenters. The van der Waals surface area contributed by atoms with E-state index in [4.69, 9.17) is 0 Å². The zero-order valence-corrected chi connectivity index (χ0v) is 5.22. The van der Waals surface area contributed by atoms with Gasteiger partial charge in [0.15, 0.2) is 0 Å². The Labute approximate surface area is 51.2 Å². The van der Waals surface area contributed by atoms with Gasteiger partial charge in [-0.15, -0.1) is 0 Å². The molecule has 0 amide bonds. The van der Waals surface area contributed by atoms with Crippen molar-refractivity contribution in [3.63, 3.8) is 0 Å². The van der Waals surface area contributed by atoms with Gasteiger partial charge in [0.05, 0.1) is 0 Å². The van der Waals surface area contributed by atoms with Crippen LogP contribution >= 0.6 is 0 Å². The number of rotatable bonds is 3. The molecule has 0 aromatic rings. The summed E-state index contributed by atoms with van der Waals surface area (Å²) in [6, 6.07) is 0. The van der Waals surface area contributed by atoms with Gasteiger partial charge in [-0.2, -0.15) is 0 Å². The highest BCUT2D eigenvalue weighted by Crippen LogP contribution is 1.82. The van der Waals surface area contributed by atoms with Crippen LogP contribution in [0.15, 0.2) is 30.9 Å². The van der Waals surface area contributed by atoms with Crippen LogP contribution < -0.4 is 0 Å². The molecule has 0 saturated carbocycles. The minimum atomic E-state index is 0.891. The molecule has 0 bridgehead atoms. The van der Waals surface area contributed by atoms with Gasteiger partial charge in [-0.3, -0.25) is 0 Å². The zero-order chi connectivity index (χ0) is 6.24. The van der Waals surface area contributed by atoms with Gasteiger partial charge in [0, 0.05) is 0 Å². The maximum Gasteiger partial charge on any atom is -0.00947 e. The first-order valence-corrected chi connectivity index (χ1v) is 2.70. The fraction of sp³-hybridized carbons (Fsp3) is 0.250. The van der Waals surface area contributed by atoms with Gasteiger partial charge in [0.1, 0.15) is 0 Å².